The van der Waals surface area contributed by atoms with Gasteiger partial charge in [-0.2, -0.15) is 0 Å². The van der Waals surface area contributed by atoms with Crippen molar-refractivity contribution in [3.05, 3.63) is 27.8 Å². The van der Waals surface area contributed by atoms with E-state index in [-0.39, 0.29) is 0 Å². The fraction of sp³-hybridized carbons (Fsp3) is 0.417. The molecule has 5 heteroatoms. The Labute approximate surface area is 110 Å². The summed E-state index contributed by atoms with van der Waals surface area (Å²) >= 11 is 7.43. The minimum atomic E-state index is -0.396. The molecule has 3 nitrogen and oxygen atoms in total. The molecule has 0 saturated carbocycles. The first-order valence-corrected chi connectivity index (χ1v) is 6.87. The van der Waals surface area contributed by atoms with Crippen LogP contribution in [0, 0.1) is 0 Å². The van der Waals surface area contributed by atoms with Crippen LogP contribution < -0.4 is 5.73 Å². The minimum Gasteiger partial charge on any atom is -0.340 e. The van der Waals surface area contributed by atoms with E-state index in [1.54, 1.807) is 0 Å². The third-order valence-corrected chi connectivity index (χ3v) is 3.86. The second kappa shape index (κ2) is 4.80. The van der Waals surface area contributed by atoms with Crippen molar-refractivity contribution in [3.8, 4) is 11.3 Å². The second-order valence-corrected chi connectivity index (χ2v) is 5.99. The highest BCUT2D eigenvalue weighted by atomic mass is 35.5. The van der Waals surface area contributed by atoms with E-state index in [1.807, 2.05) is 24.6 Å². The highest BCUT2D eigenvalue weighted by Crippen LogP contribution is 2.29. The average molecular weight is 270 g/mol. The molecule has 0 bridgehead atoms. The topological polar surface area (TPSA) is 54.7 Å². The zero-order chi connectivity index (χ0) is 12.5. The standard InChI is InChI=1S/C12H16ClN3S/c1-3-4-12(2,14)11-15-6-9(16-11)8-5-10(13)17-7-8/h5-7H,3-4,14H2,1-2H3,(H,15,16). The summed E-state index contributed by atoms with van der Waals surface area (Å²) in [6, 6.07) is 1.93. The van der Waals surface area contributed by atoms with Crippen molar-refractivity contribution in [3.63, 3.8) is 0 Å². The Morgan fingerprint density at radius 2 is 2.35 bits per heavy atom. The number of hydrogen-bond donors (Lipinski definition) is 2. The molecule has 1 unspecified atom stereocenters. The van der Waals surface area contributed by atoms with Gasteiger partial charge in [0.15, 0.2) is 0 Å². The predicted molar refractivity (Wildman–Crippen MR) is 73.4 cm³/mol. The van der Waals surface area contributed by atoms with Gasteiger partial charge >= 0.3 is 0 Å². The number of rotatable bonds is 4. The number of nitrogens with two attached hydrogens (primary N) is 1. The van der Waals surface area contributed by atoms with Crippen molar-refractivity contribution >= 4 is 22.9 Å². The lowest BCUT2D eigenvalue weighted by molar-refractivity contribution is 0.423. The van der Waals surface area contributed by atoms with E-state index >= 15 is 0 Å². The van der Waals surface area contributed by atoms with Crippen LogP contribution in [0.5, 0.6) is 0 Å². The number of hydrogen-bond acceptors (Lipinski definition) is 3. The Bertz CT molecular complexity index is 501. The number of halogens is 1. The van der Waals surface area contributed by atoms with Gasteiger partial charge in [-0.1, -0.05) is 24.9 Å². The van der Waals surface area contributed by atoms with Gasteiger partial charge < -0.3 is 10.7 Å². The number of aromatic amines is 1. The predicted octanol–water partition coefficient (Wildman–Crippen LogP) is 3.77. The molecule has 17 heavy (non-hydrogen) atoms. The van der Waals surface area contributed by atoms with Crippen LogP contribution in [0.3, 0.4) is 0 Å². The van der Waals surface area contributed by atoms with Gasteiger partial charge in [0, 0.05) is 10.9 Å². The summed E-state index contributed by atoms with van der Waals surface area (Å²) in [6.07, 6.45) is 3.76. The Morgan fingerprint density at radius 3 is 2.94 bits per heavy atom. The molecule has 2 aromatic heterocycles. The molecule has 1 atom stereocenters. The number of nitrogens with zero attached hydrogens (tertiary/aromatic N) is 1. The summed E-state index contributed by atoms with van der Waals surface area (Å²) in [7, 11) is 0. The summed E-state index contributed by atoms with van der Waals surface area (Å²) in [5.74, 6) is 0.830. The monoisotopic (exact) mass is 269 g/mol. The number of H-pyrrole nitrogens is 1. The molecule has 0 fully saturated rings. The van der Waals surface area contributed by atoms with Crippen molar-refractivity contribution in [1.29, 1.82) is 0 Å². The van der Waals surface area contributed by atoms with Crippen LogP contribution in [0.2, 0.25) is 4.34 Å². The molecule has 0 aromatic carbocycles. The maximum atomic E-state index is 6.23. The highest BCUT2D eigenvalue weighted by molar-refractivity contribution is 7.14. The van der Waals surface area contributed by atoms with Gasteiger partial charge in [0.2, 0.25) is 0 Å². The van der Waals surface area contributed by atoms with Crippen molar-refractivity contribution in [2.24, 2.45) is 5.73 Å². The lowest BCUT2D eigenvalue weighted by Crippen LogP contribution is -2.34. The van der Waals surface area contributed by atoms with Crippen LogP contribution in [0.15, 0.2) is 17.6 Å². The van der Waals surface area contributed by atoms with Gasteiger partial charge in [-0.3, -0.25) is 0 Å². The third-order valence-electron chi connectivity index (χ3n) is 2.76. The van der Waals surface area contributed by atoms with Gasteiger partial charge in [-0.15, -0.1) is 11.3 Å². The van der Waals surface area contributed by atoms with Crippen molar-refractivity contribution in [1.82, 2.24) is 9.97 Å². The normalized spacial score (nSPS) is 14.8. The van der Waals surface area contributed by atoms with Gasteiger partial charge in [-0.25, -0.2) is 4.98 Å². The number of thiophene rings is 1. The van der Waals surface area contributed by atoms with Gasteiger partial charge in [-0.05, 0) is 19.4 Å². The molecule has 2 rings (SSSR count). The van der Waals surface area contributed by atoms with Crippen molar-refractivity contribution in [2.45, 2.75) is 32.2 Å². The summed E-state index contributed by atoms with van der Waals surface area (Å²) in [5.41, 5.74) is 7.86. The van der Waals surface area contributed by atoms with E-state index in [0.717, 1.165) is 34.3 Å². The van der Waals surface area contributed by atoms with Gasteiger partial charge in [0.25, 0.3) is 0 Å². The summed E-state index contributed by atoms with van der Waals surface area (Å²) < 4.78 is 0.778. The molecule has 0 aliphatic carbocycles. The molecule has 0 aliphatic rings. The molecule has 0 radical (unpaired) electrons. The fourth-order valence-corrected chi connectivity index (χ4v) is 2.73. The summed E-state index contributed by atoms with van der Waals surface area (Å²) in [5, 5.41) is 2.01. The first-order chi connectivity index (χ1) is 8.03. The van der Waals surface area contributed by atoms with E-state index in [2.05, 4.69) is 16.9 Å². The van der Waals surface area contributed by atoms with Crippen molar-refractivity contribution < 1.29 is 0 Å². The fourth-order valence-electron chi connectivity index (χ4n) is 1.85. The van der Waals surface area contributed by atoms with Crippen molar-refractivity contribution in [2.75, 3.05) is 0 Å². The minimum absolute atomic E-state index is 0.396. The molecule has 0 saturated heterocycles. The van der Waals surface area contributed by atoms with E-state index in [4.69, 9.17) is 17.3 Å². The van der Waals surface area contributed by atoms with Crippen LogP contribution in [0.4, 0.5) is 0 Å². The third kappa shape index (κ3) is 2.70. The maximum absolute atomic E-state index is 6.23. The molecule has 0 spiro atoms. The molecule has 2 aromatic rings. The zero-order valence-corrected chi connectivity index (χ0v) is 11.5. The number of nitrogens with one attached hydrogen (secondary N) is 1. The summed E-state index contributed by atoms with van der Waals surface area (Å²) in [4.78, 5) is 7.65. The Morgan fingerprint density at radius 1 is 1.59 bits per heavy atom. The SMILES string of the molecule is CCCC(C)(N)c1ncc(-c2csc(Cl)c2)[nH]1. The lowest BCUT2D eigenvalue weighted by Gasteiger charge is -2.20. The van der Waals surface area contributed by atoms with Crippen LogP contribution in [0.25, 0.3) is 11.3 Å². The average Bonchev–Trinajstić information content (AvgIpc) is 2.85. The molecular formula is C12H16ClN3S. The Hall–Kier alpha value is -0.840. The number of aromatic nitrogens is 2. The van der Waals surface area contributed by atoms with Crippen LogP contribution >= 0.6 is 22.9 Å². The van der Waals surface area contributed by atoms with E-state index in [0.29, 0.717) is 0 Å². The maximum Gasteiger partial charge on any atom is 0.126 e. The molecule has 2 heterocycles. The largest absolute Gasteiger partial charge is 0.340 e. The van der Waals surface area contributed by atoms with E-state index < -0.39 is 5.54 Å². The van der Waals surface area contributed by atoms with Gasteiger partial charge in [0.1, 0.15) is 5.82 Å². The smallest absolute Gasteiger partial charge is 0.126 e. The lowest BCUT2D eigenvalue weighted by atomic mass is 9.97. The molecule has 0 amide bonds. The second-order valence-electron chi connectivity index (χ2n) is 4.45. The first kappa shape index (κ1) is 12.6. The van der Waals surface area contributed by atoms with Gasteiger partial charge in [0.05, 0.1) is 21.8 Å². The van der Waals surface area contributed by atoms with Crippen LogP contribution in [0.1, 0.15) is 32.5 Å². The zero-order valence-electron chi connectivity index (χ0n) is 9.96. The number of imidazole rings is 1. The quantitative estimate of drug-likeness (QED) is 0.888. The van der Waals surface area contributed by atoms with Crippen LogP contribution in [-0.4, -0.2) is 9.97 Å². The Kier molecular flexibility index (Phi) is 3.56. The summed E-state index contributed by atoms with van der Waals surface area (Å²) in [6.45, 7) is 4.12. The first-order valence-electron chi connectivity index (χ1n) is 5.61. The molecule has 0 aliphatic heterocycles. The van der Waals surface area contributed by atoms with Crippen LogP contribution in [-0.2, 0) is 5.54 Å². The highest BCUT2D eigenvalue weighted by Gasteiger charge is 2.23. The Balaban J connectivity index is 2.27. The molecule has 3 N–H and O–H groups in total. The van der Waals surface area contributed by atoms with E-state index in [9.17, 15) is 0 Å². The molecule has 92 valence electrons. The van der Waals surface area contributed by atoms with E-state index in [1.165, 1.54) is 11.3 Å². The molecular weight excluding hydrogens is 254 g/mol.